The normalized spacial score (nSPS) is 12.6. The molecular formula is C37H50N4O5. The minimum atomic E-state index is -1.32. The van der Waals surface area contributed by atoms with Gasteiger partial charge in [-0.25, -0.2) is 4.79 Å². The maximum atomic E-state index is 14.4. The predicted molar refractivity (Wildman–Crippen MR) is 183 cm³/mol. The number of amides is 4. The van der Waals surface area contributed by atoms with E-state index in [9.17, 15) is 19.2 Å². The van der Waals surface area contributed by atoms with E-state index in [4.69, 9.17) is 10.5 Å². The molecule has 0 spiro atoms. The monoisotopic (exact) mass is 630 g/mol. The number of fused-ring (bicyclic) bond motifs is 1. The van der Waals surface area contributed by atoms with Crippen LogP contribution < -0.4 is 16.4 Å². The van der Waals surface area contributed by atoms with Crippen LogP contribution in [0.2, 0.25) is 0 Å². The number of nitrogens with zero attached hydrogens (tertiary/aromatic N) is 1. The third-order valence-corrected chi connectivity index (χ3v) is 7.71. The van der Waals surface area contributed by atoms with E-state index >= 15 is 0 Å². The Morgan fingerprint density at radius 3 is 2.13 bits per heavy atom. The van der Waals surface area contributed by atoms with Gasteiger partial charge in [0.05, 0.1) is 6.42 Å². The van der Waals surface area contributed by atoms with Crippen LogP contribution in [0, 0.1) is 0 Å². The summed E-state index contributed by atoms with van der Waals surface area (Å²) in [6, 6.07) is 18.7. The minimum Gasteiger partial charge on any atom is -0.444 e. The molecule has 0 heterocycles. The van der Waals surface area contributed by atoms with Crippen LogP contribution in [0.15, 0.2) is 66.7 Å². The van der Waals surface area contributed by atoms with Crippen molar-refractivity contribution in [1.82, 2.24) is 10.2 Å². The average Bonchev–Trinajstić information content (AvgIpc) is 3.00. The lowest BCUT2D eigenvalue weighted by Crippen LogP contribution is -2.53. The highest BCUT2D eigenvalue weighted by Crippen LogP contribution is 2.27. The smallest absolute Gasteiger partial charge is 0.408 e. The molecular weight excluding hydrogens is 580 g/mol. The number of unbranched alkanes of at least 4 members (excludes halogenated alkanes) is 5. The third kappa shape index (κ3) is 11.2. The maximum Gasteiger partial charge on any atom is 0.408 e. The molecule has 0 aliphatic heterocycles. The molecule has 0 aromatic heterocycles. The highest BCUT2D eigenvalue weighted by atomic mass is 16.6. The standard InChI is InChI=1S/C37H50N4O5/c1-6-8-9-10-11-14-23-41(35(44)31(25-32(38)42)40-36(45)46-37(3,4)5)33(28-19-17-26(7-2)18-20-28)34(43)39-30-22-21-27-15-12-13-16-29(27)24-30/h12-13,15-22,24,31,33H,6-11,14,23,25H2,1-5H3,(H2,38,42)(H,39,43)(H,40,45). The first-order valence-corrected chi connectivity index (χ1v) is 16.4. The summed E-state index contributed by atoms with van der Waals surface area (Å²) in [5, 5.41) is 7.58. The van der Waals surface area contributed by atoms with Crippen LogP contribution in [0.4, 0.5) is 10.5 Å². The number of carbonyl (C=O) groups is 4. The van der Waals surface area contributed by atoms with Gasteiger partial charge in [0.15, 0.2) is 0 Å². The molecule has 4 N–H and O–H groups in total. The minimum absolute atomic E-state index is 0.238. The Labute approximate surface area is 273 Å². The Bertz CT molecular complexity index is 1460. The molecule has 0 saturated carbocycles. The van der Waals surface area contributed by atoms with E-state index in [1.54, 1.807) is 20.8 Å². The molecule has 3 aromatic carbocycles. The molecule has 3 rings (SSSR count). The van der Waals surface area contributed by atoms with E-state index in [-0.39, 0.29) is 6.54 Å². The van der Waals surface area contributed by atoms with E-state index in [2.05, 4.69) is 17.6 Å². The molecule has 0 bridgehead atoms. The van der Waals surface area contributed by atoms with Crippen molar-refractivity contribution in [1.29, 1.82) is 0 Å². The highest BCUT2D eigenvalue weighted by molar-refractivity contribution is 6.01. The van der Waals surface area contributed by atoms with Crippen molar-refractivity contribution in [3.63, 3.8) is 0 Å². The summed E-state index contributed by atoms with van der Waals surface area (Å²) in [5.41, 5.74) is 7.01. The Kier molecular flexibility index (Phi) is 13.6. The summed E-state index contributed by atoms with van der Waals surface area (Å²) in [5.74, 6) is -1.76. The van der Waals surface area contributed by atoms with Crippen molar-refractivity contribution in [3.8, 4) is 0 Å². The fourth-order valence-electron chi connectivity index (χ4n) is 5.37. The summed E-state index contributed by atoms with van der Waals surface area (Å²) >= 11 is 0. The van der Waals surface area contributed by atoms with Crippen molar-refractivity contribution in [2.45, 2.75) is 104 Å². The van der Waals surface area contributed by atoms with Crippen molar-refractivity contribution >= 4 is 40.3 Å². The molecule has 0 radical (unpaired) electrons. The van der Waals surface area contributed by atoms with Crippen molar-refractivity contribution in [3.05, 3.63) is 77.9 Å². The first-order chi connectivity index (χ1) is 21.9. The number of primary amides is 1. The second-order valence-corrected chi connectivity index (χ2v) is 12.7. The predicted octanol–water partition coefficient (Wildman–Crippen LogP) is 7.04. The summed E-state index contributed by atoms with van der Waals surface area (Å²) < 4.78 is 5.40. The molecule has 46 heavy (non-hydrogen) atoms. The number of benzene rings is 3. The second kappa shape index (κ2) is 17.3. The number of hydrogen-bond acceptors (Lipinski definition) is 5. The van der Waals surface area contributed by atoms with Crippen LogP contribution in [0.3, 0.4) is 0 Å². The molecule has 0 aliphatic rings. The van der Waals surface area contributed by atoms with Crippen LogP contribution in [0.5, 0.6) is 0 Å². The summed E-state index contributed by atoms with van der Waals surface area (Å²) in [6.07, 6.45) is 5.33. The van der Waals surface area contributed by atoms with Crippen LogP contribution in [-0.2, 0) is 25.5 Å². The zero-order valence-corrected chi connectivity index (χ0v) is 27.9. The molecule has 3 aromatic rings. The number of carbonyl (C=O) groups excluding carboxylic acids is 4. The van der Waals surface area contributed by atoms with Gasteiger partial charge in [-0.05, 0) is 67.6 Å². The number of hydrogen-bond donors (Lipinski definition) is 3. The fourth-order valence-corrected chi connectivity index (χ4v) is 5.37. The third-order valence-electron chi connectivity index (χ3n) is 7.71. The lowest BCUT2D eigenvalue weighted by molar-refractivity contribution is -0.142. The average molecular weight is 631 g/mol. The lowest BCUT2D eigenvalue weighted by atomic mass is 9.99. The van der Waals surface area contributed by atoms with Gasteiger partial charge in [-0.1, -0.05) is 101 Å². The van der Waals surface area contributed by atoms with Gasteiger partial charge in [0, 0.05) is 12.2 Å². The van der Waals surface area contributed by atoms with Gasteiger partial charge in [0.1, 0.15) is 17.7 Å². The molecule has 0 aliphatic carbocycles. The Hall–Kier alpha value is -4.40. The number of ether oxygens (including phenoxy) is 1. The molecule has 248 valence electrons. The topological polar surface area (TPSA) is 131 Å². The zero-order chi connectivity index (χ0) is 33.7. The zero-order valence-electron chi connectivity index (χ0n) is 27.9. The van der Waals surface area contributed by atoms with Gasteiger partial charge >= 0.3 is 6.09 Å². The Morgan fingerprint density at radius 1 is 0.848 bits per heavy atom. The van der Waals surface area contributed by atoms with Crippen LogP contribution in [0.25, 0.3) is 10.8 Å². The molecule has 9 heteroatoms. The number of alkyl carbamates (subject to hydrolysis) is 1. The molecule has 0 fully saturated rings. The molecule has 2 atom stereocenters. The van der Waals surface area contributed by atoms with E-state index in [0.29, 0.717) is 17.7 Å². The first kappa shape index (κ1) is 36.1. The Balaban J connectivity index is 2.03. The summed E-state index contributed by atoms with van der Waals surface area (Å²) in [7, 11) is 0. The maximum absolute atomic E-state index is 14.4. The van der Waals surface area contributed by atoms with Crippen LogP contribution in [-0.4, -0.2) is 46.9 Å². The number of rotatable bonds is 16. The van der Waals surface area contributed by atoms with Crippen molar-refractivity contribution < 1.29 is 23.9 Å². The van der Waals surface area contributed by atoms with Crippen molar-refractivity contribution in [2.75, 3.05) is 11.9 Å². The van der Waals surface area contributed by atoms with E-state index in [1.807, 2.05) is 73.7 Å². The molecule has 9 nitrogen and oxygen atoms in total. The Morgan fingerprint density at radius 2 is 1.50 bits per heavy atom. The molecule has 0 saturated heterocycles. The van der Waals surface area contributed by atoms with Gasteiger partial charge in [0.25, 0.3) is 5.91 Å². The van der Waals surface area contributed by atoms with Crippen molar-refractivity contribution in [2.24, 2.45) is 5.73 Å². The number of anilines is 1. The molecule has 2 unspecified atom stereocenters. The quantitative estimate of drug-likeness (QED) is 0.146. The SMILES string of the molecule is CCCCCCCCN(C(=O)C(CC(N)=O)NC(=O)OC(C)(C)C)C(C(=O)Nc1ccc2ccccc2c1)c1ccc(CC)cc1. The van der Waals surface area contributed by atoms with Crippen LogP contribution in [0.1, 0.15) is 96.7 Å². The summed E-state index contributed by atoms with van der Waals surface area (Å²) in [4.78, 5) is 55.1. The van der Waals surface area contributed by atoms with E-state index in [1.165, 1.54) is 4.90 Å². The first-order valence-electron chi connectivity index (χ1n) is 16.4. The van der Waals surface area contributed by atoms with Gasteiger partial charge in [-0.15, -0.1) is 0 Å². The number of aryl methyl sites for hydroxylation is 1. The van der Waals surface area contributed by atoms with E-state index < -0.39 is 47.9 Å². The summed E-state index contributed by atoms with van der Waals surface area (Å²) in [6.45, 7) is 9.55. The van der Waals surface area contributed by atoms with Crippen LogP contribution >= 0.6 is 0 Å². The van der Waals surface area contributed by atoms with Gasteiger partial charge < -0.3 is 26.0 Å². The molecule has 4 amide bonds. The second-order valence-electron chi connectivity index (χ2n) is 12.7. The van der Waals surface area contributed by atoms with Gasteiger partial charge in [-0.2, -0.15) is 0 Å². The fraction of sp³-hybridized carbons (Fsp3) is 0.459. The number of nitrogens with two attached hydrogens (primary N) is 1. The largest absolute Gasteiger partial charge is 0.444 e. The number of nitrogens with one attached hydrogen (secondary N) is 2. The van der Waals surface area contributed by atoms with Gasteiger partial charge in [0.2, 0.25) is 11.8 Å². The highest BCUT2D eigenvalue weighted by Gasteiger charge is 2.37. The lowest BCUT2D eigenvalue weighted by Gasteiger charge is -2.34. The van der Waals surface area contributed by atoms with Gasteiger partial charge in [-0.3, -0.25) is 14.4 Å². The van der Waals surface area contributed by atoms with E-state index in [0.717, 1.165) is 54.9 Å².